The van der Waals surface area contributed by atoms with Crippen LogP contribution in [-0.4, -0.2) is 29.3 Å². The first kappa shape index (κ1) is 22.0. The highest BCUT2D eigenvalue weighted by Crippen LogP contribution is 2.40. The van der Waals surface area contributed by atoms with Crippen LogP contribution in [0, 0.1) is 5.82 Å². The van der Waals surface area contributed by atoms with Gasteiger partial charge in [-0.2, -0.15) is 10.1 Å². The van der Waals surface area contributed by atoms with Crippen LogP contribution >= 0.6 is 0 Å². The highest BCUT2D eigenvalue weighted by Gasteiger charge is 2.24. The molecule has 0 unspecified atom stereocenters. The Morgan fingerprint density at radius 1 is 0.938 bits per heavy atom. The predicted octanol–water partition coefficient (Wildman–Crippen LogP) is 6.02. The number of methoxy groups -OCH3 is 1. The van der Waals surface area contributed by atoms with Crippen molar-refractivity contribution in [3.63, 3.8) is 0 Å². The maximum Gasteiger partial charge on any atom is 0.233 e. The molecule has 168 valence electrons. The van der Waals surface area contributed by atoms with Crippen molar-refractivity contribution in [1.29, 1.82) is 0 Å². The fourth-order valence-electron chi connectivity index (χ4n) is 4.10. The molecule has 1 N–H and O–H groups in total. The lowest BCUT2D eigenvalue weighted by Crippen LogP contribution is -2.10. The molecule has 1 aromatic carbocycles. The lowest BCUT2D eigenvalue weighted by Gasteiger charge is -2.22. The topological polar surface area (TPSA) is 69.2 Å². The number of hydrogen-bond acceptors (Lipinski definition) is 6. The first-order valence-corrected chi connectivity index (χ1v) is 11.2. The van der Waals surface area contributed by atoms with Crippen LogP contribution < -0.4 is 14.8 Å². The zero-order valence-electron chi connectivity index (χ0n) is 18.7. The summed E-state index contributed by atoms with van der Waals surface area (Å²) < 4.78 is 25.8. The van der Waals surface area contributed by atoms with Crippen molar-refractivity contribution in [1.82, 2.24) is 15.2 Å². The molecule has 1 aliphatic heterocycles. The van der Waals surface area contributed by atoms with Gasteiger partial charge < -0.3 is 14.8 Å². The van der Waals surface area contributed by atoms with E-state index in [1.54, 1.807) is 19.2 Å². The van der Waals surface area contributed by atoms with Gasteiger partial charge in [0.25, 0.3) is 0 Å². The summed E-state index contributed by atoms with van der Waals surface area (Å²) in [5, 5.41) is 10.6. The molecule has 1 fully saturated rings. The number of pyridine rings is 1. The number of anilines is 1. The SMILES string of the molecule is C1CCCCCC1.CNc1ccc2c(n1)OCc1c-2ccc(-c2cnnc(OC)c2)c1F. The molecule has 0 saturated heterocycles. The Kier molecular flexibility index (Phi) is 7.14. The highest BCUT2D eigenvalue weighted by molar-refractivity contribution is 5.78. The minimum atomic E-state index is -0.337. The van der Waals surface area contributed by atoms with E-state index in [2.05, 4.69) is 20.5 Å². The average molecular weight is 437 g/mol. The van der Waals surface area contributed by atoms with Gasteiger partial charge in [0.2, 0.25) is 11.8 Å². The van der Waals surface area contributed by atoms with Crippen molar-refractivity contribution in [2.75, 3.05) is 19.5 Å². The van der Waals surface area contributed by atoms with Gasteiger partial charge in [0.05, 0.1) is 13.3 Å². The van der Waals surface area contributed by atoms with Gasteiger partial charge in [0.15, 0.2) is 0 Å². The standard InChI is InChI=1S/C18H15FN4O2.C7H14/c1-20-15-6-5-13-12-4-3-11(10-7-16(24-2)23-21-8-10)17(19)14(12)9-25-18(13)22-15;1-2-4-6-7-5-3-1/h3-8H,9H2,1-2H3,(H,20,22);1-7H2. The first-order valence-electron chi connectivity index (χ1n) is 11.2. The molecule has 0 radical (unpaired) electrons. The van der Waals surface area contributed by atoms with Crippen molar-refractivity contribution in [3.8, 4) is 34.0 Å². The van der Waals surface area contributed by atoms with Gasteiger partial charge in [-0.25, -0.2) is 4.39 Å². The van der Waals surface area contributed by atoms with E-state index in [1.807, 2.05) is 18.2 Å². The number of rotatable bonds is 3. The molecular weight excluding hydrogens is 407 g/mol. The molecule has 0 amide bonds. The molecule has 5 rings (SSSR count). The molecule has 32 heavy (non-hydrogen) atoms. The van der Waals surface area contributed by atoms with Gasteiger partial charge >= 0.3 is 0 Å². The summed E-state index contributed by atoms with van der Waals surface area (Å²) in [5.41, 5.74) is 3.09. The normalized spacial score (nSPS) is 14.6. The summed E-state index contributed by atoms with van der Waals surface area (Å²) in [7, 11) is 3.28. The van der Waals surface area contributed by atoms with E-state index in [1.165, 1.54) is 58.3 Å². The van der Waals surface area contributed by atoms with E-state index in [4.69, 9.17) is 9.47 Å². The molecule has 2 aromatic heterocycles. The third kappa shape index (κ3) is 4.82. The van der Waals surface area contributed by atoms with Crippen LogP contribution in [0.3, 0.4) is 0 Å². The predicted molar refractivity (Wildman–Crippen MR) is 123 cm³/mol. The van der Waals surface area contributed by atoms with Crippen LogP contribution in [0.15, 0.2) is 36.5 Å². The fraction of sp³-hybridized carbons (Fsp3) is 0.400. The molecule has 0 spiro atoms. The molecule has 0 atom stereocenters. The number of aromatic nitrogens is 3. The summed E-state index contributed by atoms with van der Waals surface area (Å²) in [6.45, 7) is 0.123. The van der Waals surface area contributed by atoms with Crippen LogP contribution in [0.5, 0.6) is 11.8 Å². The Labute approximate surface area is 188 Å². The average Bonchev–Trinajstić information content (AvgIpc) is 3.17. The van der Waals surface area contributed by atoms with E-state index in [0.717, 1.165) is 11.1 Å². The number of nitrogens with one attached hydrogen (secondary N) is 1. The van der Waals surface area contributed by atoms with Crippen molar-refractivity contribution < 1.29 is 13.9 Å². The summed E-state index contributed by atoms with van der Waals surface area (Å²) in [4.78, 5) is 4.37. The third-order valence-corrected chi connectivity index (χ3v) is 5.91. The Balaban J connectivity index is 0.000000300. The minimum absolute atomic E-state index is 0.123. The summed E-state index contributed by atoms with van der Waals surface area (Å²) in [6, 6.07) is 8.97. The quantitative estimate of drug-likeness (QED) is 0.507. The molecule has 2 aliphatic rings. The molecule has 6 nitrogen and oxygen atoms in total. The minimum Gasteiger partial charge on any atom is -0.480 e. The third-order valence-electron chi connectivity index (χ3n) is 5.91. The molecular formula is C25H29FN4O2. The largest absolute Gasteiger partial charge is 0.480 e. The number of hydrogen-bond donors (Lipinski definition) is 1. The van der Waals surface area contributed by atoms with Gasteiger partial charge in [0, 0.05) is 35.4 Å². The number of nitrogens with zero attached hydrogens (tertiary/aromatic N) is 3. The number of ether oxygens (including phenoxy) is 2. The summed E-state index contributed by atoms with van der Waals surface area (Å²) in [6.07, 6.45) is 12.0. The number of benzene rings is 1. The van der Waals surface area contributed by atoms with Gasteiger partial charge in [-0.05, 0) is 17.7 Å². The maximum atomic E-state index is 15.1. The summed E-state index contributed by atoms with van der Waals surface area (Å²) >= 11 is 0. The van der Waals surface area contributed by atoms with Crippen molar-refractivity contribution in [2.24, 2.45) is 0 Å². The van der Waals surface area contributed by atoms with Crippen LogP contribution in [0.1, 0.15) is 50.5 Å². The van der Waals surface area contributed by atoms with Gasteiger partial charge in [0.1, 0.15) is 18.2 Å². The zero-order chi connectivity index (χ0) is 22.3. The van der Waals surface area contributed by atoms with Crippen LogP contribution in [0.25, 0.3) is 22.3 Å². The van der Waals surface area contributed by atoms with Crippen LogP contribution in [0.4, 0.5) is 10.2 Å². The lowest BCUT2D eigenvalue weighted by atomic mass is 9.94. The van der Waals surface area contributed by atoms with Gasteiger partial charge in [-0.1, -0.05) is 57.1 Å². The van der Waals surface area contributed by atoms with Gasteiger partial charge in [-0.3, -0.25) is 0 Å². The van der Waals surface area contributed by atoms with Crippen molar-refractivity contribution >= 4 is 5.82 Å². The summed E-state index contributed by atoms with van der Waals surface area (Å²) in [5.74, 6) is 1.20. The molecule has 1 saturated carbocycles. The fourth-order valence-corrected chi connectivity index (χ4v) is 4.10. The second-order valence-corrected chi connectivity index (χ2v) is 8.00. The number of halogens is 1. The van der Waals surface area contributed by atoms with Gasteiger partial charge in [-0.15, -0.1) is 5.10 Å². The smallest absolute Gasteiger partial charge is 0.233 e. The Hall–Kier alpha value is -3.22. The Bertz CT molecular complexity index is 1050. The van der Waals surface area contributed by atoms with E-state index in [9.17, 15) is 0 Å². The van der Waals surface area contributed by atoms with Crippen LogP contribution in [-0.2, 0) is 6.61 Å². The molecule has 7 heteroatoms. The van der Waals surface area contributed by atoms with Crippen molar-refractivity contribution in [3.05, 3.63) is 47.9 Å². The lowest BCUT2D eigenvalue weighted by molar-refractivity contribution is 0.284. The Morgan fingerprint density at radius 2 is 1.59 bits per heavy atom. The Morgan fingerprint density at radius 3 is 2.25 bits per heavy atom. The molecule has 3 aromatic rings. The van der Waals surface area contributed by atoms with E-state index in [0.29, 0.717) is 34.3 Å². The molecule has 1 aliphatic carbocycles. The monoisotopic (exact) mass is 436 g/mol. The second-order valence-electron chi connectivity index (χ2n) is 8.00. The zero-order valence-corrected chi connectivity index (χ0v) is 18.7. The maximum absolute atomic E-state index is 15.1. The molecule has 3 heterocycles. The second kappa shape index (κ2) is 10.4. The van der Waals surface area contributed by atoms with Crippen LogP contribution in [0.2, 0.25) is 0 Å². The van der Waals surface area contributed by atoms with E-state index in [-0.39, 0.29) is 12.4 Å². The number of fused-ring (bicyclic) bond motifs is 3. The highest BCUT2D eigenvalue weighted by atomic mass is 19.1. The van der Waals surface area contributed by atoms with Crippen molar-refractivity contribution in [2.45, 2.75) is 51.6 Å². The van der Waals surface area contributed by atoms with E-state index >= 15 is 4.39 Å². The molecule has 0 bridgehead atoms. The van der Waals surface area contributed by atoms with E-state index < -0.39 is 0 Å². The first-order chi connectivity index (χ1) is 15.7.